The number of thiophene rings is 1. The van der Waals surface area contributed by atoms with Crippen LogP contribution in [-0.4, -0.2) is 18.7 Å². The Kier molecular flexibility index (Phi) is 5.98. The van der Waals surface area contributed by atoms with Gasteiger partial charge in [-0.05, 0) is 59.3 Å². The van der Waals surface area contributed by atoms with E-state index in [9.17, 15) is 4.79 Å². The predicted molar refractivity (Wildman–Crippen MR) is 107 cm³/mol. The fourth-order valence-electron chi connectivity index (χ4n) is 2.34. The minimum Gasteiger partial charge on any atom is -0.484 e. The smallest absolute Gasteiger partial charge is 0.277 e. The van der Waals surface area contributed by atoms with Gasteiger partial charge in [0, 0.05) is 4.88 Å². The van der Waals surface area contributed by atoms with Crippen molar-refractivity contribution in [3.05, 3.63) is 76.0 Å². The number of aryl methyl sites for hydroxylation is 1. The molecule has 2 aromatic carbocycles. The molecule has 0 saturated carbocycles. The Bertz CT molecular complexity index is 984. The van der Waals surface area contributed by atoms with Crippen LogP contribution < -0.4 is 10.2 Å². The highest BCUT2D eigenvalue weighted by molar-refractivity contribution is 7.11. The molecule has 1 amide bonds. The maximum absolute atomic E-state index is 11.8. The van der Waals surface area contributed by atoms with E-state index in [1.165, 1.54) is 0 Å². The normalized spacial score (nSPS) is 10.5. The van der Waals surface area contributed by atoms with Gasteiger partial charge in [-0.15, -0.1) is 11.3 Å². The second kappa shape index (κ2) is 8.79. The molecule has 0 bridgehead atoms. The molecule has 0 radical (unpaired) electrons. The van der Waals surface area contributed by atoms with E-state index < -0.39 is 0 Å². The maximum Gasteiger partial charge on any atom is 0.277 e. The van der Waals surface area contributed by atoms with Gasteiger partial charge in [0.15, 0.2) is 6.61 Å². The molecule has 0 spiro atoms. The third-order valence-electron chi connectivity index (χ3n) is 3.84. The lowest BCUT2D eigenvalue weighted by Gasteiger charge is -2.07. The van der Waals surface area contributed by atoms with Gasteiger partial charge in [-0.1, -0.05) is 24.3 Å². The zero-order valence-electron chi connectivity index (χ0n) is 14.7. The first kappa shape index (κ1) is 18.4. The average molecular weight is 375 g/mol. The molecule has 1 N–H and O–H groups in total. The van der Waals surface area contributed by atoms with Crippen molar-refractivity contribution in [1.29, 1.82) is 5.26 Å². The highest BCUT2D eigenvalue weighted by atomic mass is 32.1. The summed E-state index contributed by atoms with van der Waals surface area (Å²) in [5.41, 5.74) is 6.22. The van der Waals surface area contributed by atoms with E-state index in [0.29, 0.717) is 11.3 Å². The van der Waals surface area contributed by atoms with Crippen LogP contribution in [0.2, 0.25) is 0 Å². The monoisotopic (exact) mass is 375 g/mol. The van der Waals surface area contributed by atoms with Gasteiger partial charge in [-0.3, -0.25) is 4.79 Å². The molecule has 6 heteroatoms. The molecule has 3 aromatic rings. The molecular formula is C21H17N3O2S. The molecule has 1 heterocycles. The summed E-state index contributed by atoms with van der Waals surface area (Å²) in [5.74, 6) is 0.275. The molecule has 1 aromatic heterocycles. The number of ether oxygens (including phenoxy) is 1. The third-order valence-corrected chi connectivity index (χ3v) is 4.80. The van der Waals surface area contributed by atoms with E-state index in [1.54, 1.807) is 41.8 Å². The van der Waals surface area contributed by atoms with Gasteiger partial charge in [-0.25, -0.2) is 5.43 Å². The summed E-state index contributed by atoms with van der Waals surface area (Å²) in [6.45, 7) is 1.88. The Morgan fingerprint density at radius 2 is 1.81 bits per heavy atom. The van der Waals surface area contributed by atoms with Crippen molar-refractivity contribution < 1.29 is 9.53 Å². The summed E-state index contributed by atoms with van der Waals surface area (Å²) < 4.78 is 5.48. The van der Waals surface area contributed by atoms with Crippen LogP contribution in [0.3, 0.4) is 0 Å². The second-order valence-corrected chi connectivity index (χ2v) is 6.71. The van der Waals surface area contributed by atoms with E-state index in [4.69, 9.17) is 10.00 Å². The summed E-state index contributed by atoms with van der Waals surface area (Å²) in [5, 5.41) is 14.8. The second-order valence-electron chi connectivity index (χ2n) is 5.76. The lowest BCUT2D eigenvalue weighted by atomic mass is 10.0. The highest BCUT2D eigenvalue weighted by Crippen LogP contribution is 2.22. The van der Waals surface area contributed by atoms with Crippen LogP contribution in [0.5, 0.6) is 5.75 Å². The number of carbonyl (C=O) groups excluding carboxylic acids is 1. The number of rotatable bonds is 6. The van der Waals surface area contributed by atoms with E-state index in [2.05, 4.69) is 16.6 Å². The number of hydrogen-bond acceptors (Lipinski definition) is 5. The summed E-state index contributed by atoms with van der Waals surface area (Å²) in [6.07, 6.45) is 1.63. The van der Waals surface area contributed by atoms with Gasteiger partial charge >= 0.3 is 0 Å². The number of nitrogens with one attached hydrogen (secondary N) is 1. The number of hydrogen-bond donors (Lipinski definition) is 1. The number of benzene rings is 2. The molecular weight excluding hydrogens is 358 g/mol. The molecule has 0 aliphatic rings. The van der Waals surface area contributed by atoms with Crippen molar-refractivity contribution >= 4 is 23.5 Å². The zero-order chi connectivity index (χ0) is 19.1. The quantitative estimate of drug-likeness (QED) is 0.520. The van der Waals surface area contributed by atoms with Crippen molar-refractivity contribution in [2.75, 3.05) is 6.61 Å². The van der Waals surface area contributed by atoms with Crippen molar-refractivity contribution in [3.63, 3.8) is 0 Å². The standard InChI is InChI=1S/C21H17N3O2S/c1-15-10-11-27-20(15)13-23-24-21(25)14-26-19-8-6-18(7-9-19)17-4-2-16(12-22)3-5-17/h2-11,13H,14H2,1H3,(H,24,25)/b23-13+. The Labute approximate surface area is 161 Å². The first-order chi connectivity index (χ1) is 13.2. The SMILES string of the molecule is Cc1ccsc1/C=N/NC(=O)COc1ccc(-c2ccc(C#N)cc2)cc1. The summed E-state index contributed by atoms with van der Waals surface area (Å²) in [4.78, 5) is 12.8. The van der Waals surface area contributed by atoms with Gasteiger partial charge in [0.1, 0.15) is 5.75 Å². The van der Waals surface area contributed by atoms with Crippen LogP contribution in [0, 0.1) is 18.3 Å². The molecule has 0 unspecified atom stereocenters. The molecule has 5 nitrogen and oxygen atoms in total. The third kappa shape index (κ3) is 5.03. The molecule has 0 fully saturated rings. The molecule has 0 aliphatic carbocycles. The van der Waals surface area contributed by atoms with E-state index in [0.717, 1.165) is 21.6 Å². The highest BCUT2D eigenvalue weighted by Gasteiger charge is 2.03. The van der Waals surface area contributed by atoms with Crippen molar-refractivity contribution in [2.45, 2.75) is 6.92 Å². The Morgan fingerprint density at radius 1 is 1.15 bits per heavy atom. The minimum absolute atomic E-state index is 0.114. The Morgan fingerprint density at radius 3 is 2.41 bits per heavy atom. The first-order valence-electron chi connectivity index (χ1n) is 8.25. The van der Waals surface area contributed by atoms with Crippen LogP contribution in [0.15, 0.2) is 65.1 Å². The summed E-state index contributed by atoms with van der Waals surface area (Å²) in [7, 11) is 0. The Balaban J connectivity index is 1.51. The summed E-state index contributed by atoms with van der Waals surface area (Å²) >= 11 is 1.57. The van der Waals surface area contributed by atoms with Crippen LogP contribution in [-0.2, 0) is 4.79 Å². The van der Waals surface area contributed by atoms with Gasteiger partial charge < -0.3 is 4.74 Å². The van der Waals surface area contributed by atoms with Crippen LogP contribution >= 0.6 is 11.3 Å². The molecule has 3 rings (SSSR count). The average Bonchev–Trinajstić information content (AvgIpc) is 3.12. The van der Waals surface area contributed by atoms with Gasteiger partial charge in [-0.2, -0.15) is 10.4 Å². The fourth-order valence-corrected chi connectivity index (χ4v) is 3.13. The van der Waals surface area contributed by atoms with Gasteiger partial charge in [0.2, 0.25) is 0 Å². The predicted octanol–water partition coefficient (Wildman–Crippen LogP) is 4.12. The molecule has 0 atom stereocenters. The number of nitriles is 1. The fraction of sp³-hybridized carbons (Fsp3) is 0.0952. The lowest BCUT2D eigenvalue weighted by molar-refractivity contribution is -0.123. The topological polar surface area (TPSA) is 74.5 Å². The van der Waals surface area contributed by atoms with Crippen LogP contribution in [0.25, 0.3) is 11.1 Å². The summed E-state index contributed by atoms with van der Waals surface area (Å²) in [6, 6.07) is 18.9. The van der Waals surface area contributed by atoms with Crippen LogP contribution in [0.1, 0.15) is 16.0 Å². The minimum atomic E-state index is -0.323. The first-order valence-corrected chi connectivity index (χ1v) is 9.13. The largest absolute Gasteiger partial charge is 0.484 e. The van der Waals surface area contributed by atoms with E-state index in [1.807, 2.05) is 42.6 Å². The molecule has 27 heavy (non-hydrogen) atoms. The van der Waals surface area contributed by atoms with Crippen molar-refractivity contribution in [1.82, 2.24) is 5.43 Å². The number of hydrazone groups is 1. The lowest BCUT2D eigenvalue weighted by Crippen LogP contribution is -2.24. The van der Waals surface area contributed by atoms with Gasteiger partial charge in [0.05, 0.1) is 17.8 Å². The van der Waals surface area contributed by atoms with Crippen LogP contribution in [0.4, 0.5) is 0 Å². The number of carbonyl (C=O) groups is 1. The molecule has 0 aliphatic heterocycles. The van der Waals surface area contributed by atoms with E-state index >= 15 is 0 Å². The number of nitrogens with zero attached hydrogens (tertiary/aromatic N) is 2. The molecule has 0 saturated heterocycles. The number of amides is 1. The maximum atomic E-state index is 11.8. The zero-order valence-corrected chi connectivity index (χ0v) is 15.5. The van der Waals surface area contributed by atoms with Crippen molar-refractivity contribution in [3.8, 4) is 22.9 Å². The molecule has 134 valence electrons. The Hall–Kier alpha value is -3.43. The van der Waals surface area contributed by atoms with Gasteiger partial charge in [0.25, 0.3) is 5.91 Å². The van der Waals surface area contributed by atoms with Crippen molar-refractivity contribution in [2.24, 2.45) is 5.10 Å². The van der Waals surface area contributed by atoms with E-state index in [-0.39, 0.29) is 12.5 Å².